The van der Waals surface area contributed by atoms with E-state index in [1.165, 1.54) is 0 Å². The molecule has 2 rings (SSSR count). The van der Waals surface area contributed by atoms with Crippen molar-refractivity contribution in [2.24, 2.45) is 0 Å². The summed E-state index contributed by atoms with van der Waals surface area (Å²) in [6.45, 7) is 1.24. The molecule has 6 heteroatoms. The second-order valence-corrected chi connectivity index (χ2v) is 6.14. The van der Waals surface area contributed by atoms with Crippen LogP contribution in [0.4, 0.5) is 0 Å². The summed E-state index contributed by atoms with van der Waals surface area (Å²) in [6.07, 6.45) is 1.20. The third-order valence-electron chi connectivity index (χ3n) is 2.83. The summed E-state index contributed by atoms with van der Waals surface area (Å²) in [5.41, 5.74) is -0.838. The highest BCUT2D eigenvalue weighted by Gasteiger charge is 2.45. The van der Waals surface area contributed by atoms with E-state index >= 15 is 0 Å². The minimum atomic E-state index is -3.05. The first-order valence-electron chi connectivity index (χ1n) is 4.78. The first-order chi connectivity index (χ1) is 6.54. The molecule has 1 atom stereocenters. The van der Waals surface area contributed by atoms with Crippen LogP contribution in [0.2, 0.25) is 0 Å². The molecule has 2 aliphatic rings. The topological polar surface area (TPSA) is 75.3 Å². The lowest BCUT2D eigenvalue weighted by Gasteiger charge is -2.39. The second kappa shape index (κ2) is 3.20. The van der Waals surface area contributed by atoms with E-state index in [1.807, 2.05) is 0 Å². The molecular formula is C8H14N2O3S. The minimum absolute atomic E-state index is 0.0498. The van der Waals surface area contributed by atoms with E-state index in [9.17, 15) is 13.2 Å². The fraction of sp³-hybridized carbons (Fsp3) is 0.875. The van der Waals surface area contributed by atoms with Crippen LogP contribution in [0.25, 0.3) is 0 Å². The van der Waals surface area contributed by atoms with Gasteiger partial charge in [-0.15, -0.1) is 0 Å². The molecule has 0 aromatic heterocycles. The molecule has 2 N–H and O–H groups in total. The highest BCUT2D eigenvalue weighted by molar-refractivity contribution is 7.91. The fourth-order valence-electron chi connectivity index (χ4n) is 2.16. The van der Waals surface area contributed by atoms with Gasteiger partial charge in [-0.05, 0) is 12.8 Å². The van der Waals surface area contributed by atoms with Crippen molar-refractivity contribution in [1.29, 1.82) is 0 Å². The summed E-state index contributed by atoms with van der Waals surface area (Å²) in [5.74, 6) is 0.00208. The van der Waals surface area contributed by atoms with Crippen LogP contribution in [0.5, 0.6) is 0 Å². The molecule has 0 saturated carbocycles. The molecule has 14 heavy (non-hydrogen) atoms. The zero-order chi connectivity index (χ0) is 10.2. The van der Waals surface area contributed by atoms with Gasteiger partial charge in [0.1, 0.15) is 5.54 Å². The van der Waals surface area contributed by atoms with Gasteiger partial charge in [-0.3, -0.25) is 4.79 Å². The van der Waals surface area contributed by atoms with E-state index in [4.69, 9.17) is 0 Å². The van der Waals surface area contributed by atoms with E-state index in [0.29, 0.717) is 25.9 Å². The van der Waals surface area contributed by atoms with Crippen LogP contribution in [-0.2, 0) is 14.6 Å². The first kappa shape index (κ1) is 9.92. The number of amides is 1. The largest absolute Gasteiger partial charge is 0.353 e. The predicted octanol–water partition coefficient (Wildman–Crippen LogP) is -1.35. The Bertz CT molecular complexity index is 348. The maximum atomic E-state index is 11.6. The Labute approximate surface area is 83.2 Å². The third kappa shape index (κ3) is 1.64. The van der Waals surface area contributed by atoms with Crippen LogP contribution in [0.3, 0.4) is 0 Å². The molecule has 5 nitrogen and oxygen atoms in total. The molecule has 1 unspecified atom stereocenters. The molecule has 2 fully saturated rings. The molecule has 0 aliphatic carbocycles. The van der Waals surface area contributed by atoms with Gasteiger partial charge >= 0.3 is 0 Å². The number of carbonyl (C=O) groups is 1. The molecule has 0 bridgehead atoms. The zero-order valence-corrected chi connectivity index (χ0v) is 8.69. The Hall–Kier alpha value is -0.620. The lowest BCUT2D eigenvalue weighted by atomic mass is 9.92. The summed E-state index contributed by atoms with van der Waals surface area (Å²) >= 11 is 0. The Morgan fingerprint density at radius 1 is 1.29 bits per heavy atom. The van der Waals surface area contributed by atoms with Crippen LogP contribution < -0.4 is 10.6 Å². The maximum Gasteiger partial charge on any atom is 0.241 e. The number of hydrogen-bond donors (Lipinski definition) is 2. The van der Waals surface area contributed by atoms with Gasteiger partial charge in [-0.2, -0.15) is 0 Å². The van der Waals surface area contributed by atoms with Gasteiger partial charge in [-0.1, -0.05) is 0 Å². The first-order valence-corrected chi connectivity index (χ1v) is 6.60. The van der Waals surface area contributed by atoms with E-state index < -0.39 is 15.4 Å². The van der Waals surface area contributed by atoms with E-state index in [2.05, 4.69) is 10.6 Å². The summed E-state index contributed by atoms with van der Waals surface area (Å²) in [4.78, 5) is 11.6. The van der Waals surface area contributed by atoms with Gasteiger partial charge in [-0.25, -0.2) is 8.42 Å². The number of hydrogen-bond acceptors (Lipinski definition) is 4. The molecule has 80 valence electrons. The Morgan fingerprint density at radius 2 is 2.07 bits per heavy atom. The van der Waals surface area contributed by atoms with Gasteiger partial charge in [0.25, 0.3) is 0 Å². The number of nitrogens with one attached hydrogen (secondary N) is 2. The van der Waals surface area contributed by atoms with E-state index in [1.54, 1.807) is 0 Å². The van der Waals surface area contributed by atoms with Crippen LogP contribution in [-0.4, -0.2) is 44.5 Å². The molecule has 0 aromatic carbocycles. The molecule has 2 aliphatic heterocycles. The number of rotatable bonds is 0. The average Bonchev–Trinajstić information content (AvgIpc) is 2.09. The van der Waals surface area contributed by atoms with Crippen LogP contribution >= 0.6 is 0 Å². The van der Waals surface area contributed by atoms with Crippen LogP contribution in [0.15, 0.2) is 0 Å². The van der Waals surface area contributed by atoms with Gasteiger partial charge in [0.15, 0.2) is 9.84 Å². The normalized spacial score (nSPS) is 36.7. The summed E-state index contributed by atoms with van der Waals surface area (Å²) < 4.78 is 22.9. The number of piperazine rings is 1. The second-order valence-electron chi connectivity index (χ2n) is 3.96. The fourth-order valence-corrected chi connectivity index (χ4v) is 4.02. The maximum absolute atomic E-state index is 11.6. The summed E-state index contributed by atoms with van der Waals surface area (Å²) in [7, 11) is -3.05. The summed E-state index contributed by atoms with van der Waals surface area (Å²) in [5, 5.41) is 5.76. The van der Waals surface area contributed by atoms with Gasteiger partial charge in [0.2, 0.25) is 5.91 Å². The highest BCUT2D eigenvalue weighted by atomic mass is 32.2. The van der Waals surface area contributed by atoms with Gasteiger partial charge < -0.3 is 10.6 Å². The highest BCUT2D eigenvalue weighted by Crippen LogP contribution is 2.24. The number of sulfone groups is 1. The molecule has 1 spiro atoms. The Kier molecular flexibility index (Phi) is 2.27. The summed E-state index contributed by atoms with van der Waals surface area (Å²) in [6, 6.07) is 0. The van der Waals surface area contributed by atoms with Crippen molar-refractivity contribution in [3.63, 3.8) is 0 Å². The van der Waals surface area contributed by atoms with Crippen molar-refractivity contribution < 1.29 is 13.2 Å². The van der Waals surface area contributed by atoms with Crippen LogP contribution in [0, 0.1) is 0 Å². The molecule has 0 radical (unpaired) electrons. The van der Waals surface area contributed by atoms with Gasteiger partial charge in [0.05, 0.1) is 11.5 Å². The number of carbonyl (C=O) groups excluding carboxylic acids is 1. The lowest BCUT2D eigenvalue weighted by Crippen LogP contribution is -2.67. The smallest absolute Gasteiger partial charge is 0.241 e. The zero-order valence-electron chi connectivity index (χ0n) is 7.88. The van der Waals surface area contributed by atoms with Crippen molar-refractivity contribution >= 4 is 15.7 Å². The predicted molar refractivity (Wildman–Crippen MR) is 51.6 cm³/mol. The molecule has 1 amide bonds. The van der Waals surface area contributed by atoms with Crippen molar-refractivity contribution in [2.75, 3.05) is 24.6 Å². The Balaban J connectivity index is 2.25. The van der Waals surface area contributed by atoms with E-state index in [-0.39, 0.29) is 17.4 Å². The van der Waals surface area contributed by atoms with Crippen molar-refractivity contribution in [3.05, 3.63) is 0 Å². The standard InChI is InChI=1S/C8H14N2O3S/c11-7-8(10-4-3-9-7)2-1-5-14(12,13)6-8/h10H,1-6H2,(H,9,11). The van der Waals surface area contributed by atoms with Crippen LogP contribution in [0.1, 0.15) is 12.8 Å². The monoisotopic (exact) mass is 218 g/mol. The molecule has 0 aromatic rings. The molecular weight excluding hydrogens is 204 g/mol. The van der Waals surface area contributed by atoms with Crippen molar-refractivity contribution in [2.45, 2.75) is 18.4 Å². The quantitative estimate of drug-likeness (QED) is 0.527. The lowest BCUT2D eigenvalue weighted by molar-refractivity contribution is -0.128. The Morgan fingerprint density at radius 3 is 2.71 bits per heavy atom. The minimum Gasteiger partial charge on any atom is -0.353 e. The van der Waals surface area contributed by atoms with Crippen molar-refractivity contribution in [1.82, 2.24) is 10.6 Å². The van der Waals surface area contributed by atoms with Gasteiger partial charge in [0, 0.05) is 13.1 Å². The average molecular weight is 218 g/mol. The molecule has 2 saturated heterocycles. The van der Waals surface area contributed by atoms with E-state index in [0.717, 1.165) is 0 Å². The van der Waals surface area contributed by atoms with Crippen molar-refractivity contribution in [3.8, 4) is 0 Å². The SMILES string of the molecule is O=C1NCCNC12CCCS(=O)(=O)C2. The third-order valence-corrected chi connectivity index (χ3v) is 4.68. The molecule has 2 heterocycles.